The van der Waals surface area contributed by atoms with Gasteiger partial charge in [0.1, 0.15) is 16.5 Å². The summed E-state index contributed by atoms with van der Waals surface area (Å²) in [6.07, 6.45) is -3.72. The summed E-state index contributed by atoms with van der Waals surface area (Å²) in [5.74, 6) is -0.445. The van der Waals surface area contributed by atoms with E-state index < -0.39 is 29.5 Å². The van der Waals surface area contributed by atoms with Crippen molar-refractivity contribution < 1.29 is 22.7 Å². The number of hydrogen-bond donors (Lipinski definition) is 0. The molecule has 3 aromatic rings. The highest BCUT2D eigenvalue weighted by atomic mass is 32.1. The van der Waals surface area contributed by atoms with E-state index in [1.807, 2.05) is 0 Å². The van der Waals surface area contributed by atoms with Gasteiger partial charge in [-0.1, -0.05) is 24.3 Å². The van der Waals surface area contributed by atoms with Crippen molar-refractivity contribution in [3.8, 4) is 17.2 Å². The van der Waals surface area contributed by atoms with Gasteiger partial charge in [-0.15, -0.1) is 11.3 Å². The van der Waals surface area contributed by atoms with Crippen LogP contribution in [0.1, 0.15) is 73.2 Å². The SMILES string of the molecule is CC(C)n1cc(-c2ccccc2[C@@H]2CN(C(=O)OC(C)(C)C)Cc3sc(C#N)cc32)c(C(F)(F)F)n1. The second kappa shape index (κ2) is 9.28. The first-order chi connectivity index (χ1) is 16.8. The number of hydrogen-bond acceptors (Lipinski definition) is 5. The van der Waals surface area contributed by atoms with E-state index in [4.69, 9.17) is 4.74 Å². The molecular weight excluding hydrogens is 489 g/mol. The first kappa shape index (κ1) is 25.8. The molecule has 0 saturated heterocycles. The minimum absolute atomic E-state index is 0.0153. The van der Waals surface area contributed by atoms with Gasteiger partial charge in [0, 0.05) is 35.1 Å². The fraction of sp³-hybridized carbons (Fsp3) is 0.423. The van der Waals surface area contributed by atoms with Crippen LogP contribution in [0.15, 0.2) is 36.5 Å². The maximum atomic E-state index is 14.0. The fourth-order valence-electron chi connectivity index (χ4n) is 4.31. The fourth-order valence-corrected chi connectivity index (χ4v) is 5.35. The third kappa shape index (κ3) is 5.12. The predicted octanol–water partition coefficient (Wildman–Crippen LogP) is 6.97. The Kier molecular flexibility index (Phi) is 6.64. The van der Waals surface area contributed by atoms with Crippen LogP contribution >= 0.6 is 11.3 Å². The Balaban J connectivity index is 1.86. The Morgan fingerprint density at radius 1 is 1.19 bits per heavy atom. The van der Waals surface area contributed by atoms with Crippen molar-refractivity contribution in [3.05, 3.63) is 63.1 Å². The van der Waals surface area contributed by atoms with Crippen LogP contribution in [0.4, 0.5) is 18.0 Å². The van der Waals surface area contributed by atoms with Gasteiger partial charge in [-0.25, -0.2) is 4.79 Å². The summed E-state index contributed by atoms with van der Waals surface area (Å²) in [7, 11) is 0. The number of carbonyl (C=O) groups is 1. The minimum atomic E-state index is -4.64. The molecule has 0 bridgehead atoms. The lowest BCUT2D eigenvalue weighted by Crippen LogP contribution is -2.41. The van der Waals surface area contributed by atoms with Gasteiger partial charge in [-0.05, 0) is 57.4 Å². The molecule has 0 aliphatic carbocycles. The van der Waals surface area contributed by atoms with E-state index in [1.54, 1.807) is 69.9 Å². The summed E-state index contributed by atoms with van der Waals surface area (Å²) >= 11 is 1.28. The highest BCUT2D eigenvalue weighted by molar-refractivity contribution is 7.12. The predicted molar refractivity (Wildman–Crippen MR) is 131 cm³/mol. The van der Waals surface area contributed by atoms with E-state index in [0.29, 0.717) is 16.0 Å². The van der Waals surface area contributed by atoms with Crippen molar-refractivity contribution in [1.29, 1.82) is 5.26 Å². The van der Waals surface area contributed by atoms with Crippen molar-refractivity contribution >= 4 is 17.4 Å². The number of ether oxygens (including phenoxy) is 1. The standard InChI is InChI=1S/C26H27F3N4O2S/c1-15(2)33-13-21(23(31-33)26(27,28)29)18-9-7-6-8-17(18)20-12-32(24(34)35-25(3,4)5)14-22-19(20)10-16(11-30)36-22/h6-10,13,15,20H,12,14H2,1-5H3/t20-/m0/s1. The number of nitriles is 1. The minimum Gasteiger partial charge on any atom is -0.444 e. The summed E-state index contributed by atoms with van der Waals surface area (Å²) in [4.78, 5) is 15.8. The Hall–Kier alpha value is -3.32. The molecule has 1 amide bonds. The van der Waals surface area contributed by atoms with E-state index in [-0.39, 0.29) is 24.7 Å². The molecule has 1 atom stereocenters. The number of thiophene rings is 1. The lowest BCUT2D eigenvalue weighted by molar-refractivity contribution is -0.141. The number of carbonyl (C=O) groups excluding carboxylic acids is 1. The molecule has 0 radical (unpaired) electrons. The van der Waals surface area contributed by atoms with Crippen LogP contribution in [0.25, 0.3) is 11.1 Å². The smallest absolute Gasteiger partial charge is 0.435 e. The van der Waals surface area contributed by atoms with Gasteiger partial charge in [0.15, 0.2) is 5.69 Å². The molecular formula is C26H27F3N4O2S. The monoisotopic (exact) mass is 516 g/mol. The number of nitrogens with zero attached hydrogens (tertiary/aromatic N) is 4. The highest BCUT2D eigenvalue weighted by Crippen LogP contribution is 2.44. The second-order valence-corrected chi connectivity index (χ2v) is 11.2. The Labute approximate surface area is 211 Å². The van der Waals surface area contributed by atoms with Crippen LogP contribution in [0.2, 0.25) is 0 Å². The zero-order valence-electron chi connectivity index (χ0n) is 20.7. The van der Waals surface area contributed by atoms with E-state index in [1.165, 1.54) is 22.2 Å². The van der Waals surface area contributed by atoms with Gasteiger partial charge in [0.05, 0.1) is 6.54 Å². The molecule has 3 heterocycles. The van der Waals surface area contributed by atoms with Crippen LogP contribution < -0.4 is 0 Å². The van der Waals surface area contributed by atoms with Gasteiger partial charge in [0.2, 0.25) is 0 Å². The highest BCUT2D eigenvalue weighted by Gasteiger charge is 2.40. The molecule has 0 N–H and O–H groups in total. The molecule has 36 heavy (non-hydrogen) atoms. The number of rotatable bonds is 3. The Bertz CT molecular complexity index is 1330. The zero-order valence-corrected chi connectivity index (χ0v) is 21.5. The number of aromatic nitrogens is 2. The van der Waals surface area contributed by atoms with E-state index >= 15 is 0 Å². The van der Waals surface area contributed by atoms with Crippen molar-refractivity contribution in [2.75, 3.05) is 6.54 Å². The van der Waals surface area contributed by atoms with E-state index in [0.717, 1.165) is 10.4 Å². The molecule has 190 valence electrons. The maximum absolute atomic E-state index is 14.0. The van der Waals surface area contributed by atoms with Gasteiger partial charge >= 0.3 is 12.3 Å². The third-order valence-electron chi connectivity index (χ3n) is 5.87. The number of benzene rings is 1. The lowest BCUT2D eigenvalue weighted by Gasteiger charge is -2.35. The molecule has 0 spiro atoms. The maximum Gasteiger partial charge on any atom is 0.435 e. The van der Waals surface area contributed by atoms with Crippen LogP contribution in [0.5, 0.6) is 0 Å². The van der Waals surface area contributed by atoms with E-state index in [9.17, 15) is 23.2 Å². The van der Waals surface area contributed by atoms with E-state index in [2.05, 4.69) is 11.2 Å². The van der Waals surface area contributed by atoms with Crippen LogP contribution in [-0.2, 0) is 17.5 Å². The lowest BCUT2D eigenvalue weighted by atomic mass is 9.84. The van der Waals surface area contributed by atoms with Crippen molar-refractivity contribution in [1.82, 2.24) is 14.7 Å². The summed E-state index contributed by atoms with van der Waals surface area (Å²) in [6.45, 7) is 9.34. The summed E-state index contributed by atoms with van der Waals surface area (Å²) < 4.78 is 49.0. The third-order valence-corrected chi connectivity index (χ3v) is 6.91. The van der Waals surface area contributed by atoms with Crippen LogP contribution in [-0.4, -0.2) is 32.9 Å². The quantitative estimate of drug-likeness (QED) is 0.377. The average molecular weight is 517 g/mol. The summed E-state index contributed by atoms with van der Waals surface area (Å²) in [5, 5.41) is 13.4. The molecule has 10 heteroatoms. The summed E-state index contributed by atoms with van der Waals surface area (Å²) in [5.41, 5.74) is 0.191. The summed E-state index contributed by atoms with van der Waals surface area (Å²) in [6, 6.07) is 10.5. The van der Waals surface area contributed by atoms with Crippen LogP contribution in [0, 0.1) is 11.3 Å². The molecule has 4 rings (SSSR count). The number of amides is 1. The first-order valence-corrected chi connectivity index (χ1v) is 12.4. The van der Waals surface area contributed by atoms with Crippen LogP contribution in [0.3, 0.4) is 0 Å². The number of halogens is 3. The average Bonchev–Trinajstić information content (AvgIpc) is 3.42. The largest absolute Gasteiger partial charge is 0.444 e. The molecule has 1 aromatic carbocycles. The molecule has 0 unspecified atom stereocenters. The first-order valence-electron chi connectivity index (χ1n) is 11.5. The molecule has 2 aromatic heterocycles. The Morgan fingerprint density at radius 2 is 1.89 bits per heavy atom. The molecule has 6 nitrogen and oxygen atoms in total. The van der Waals surface area contributed by atoms with Crippen molar-refractivity contribution in [2.45, 2.75) is 64.9 Å². The van der Waals surface area contributed by atoms with Gasteiger partial charge in [-0.2, -0.15) is 23.5 Å². The normalized spacial score (nSPS) is 16.1. The molecule has 1 aliphatic rings. The topological polar surface area (TPSA) is 71.2 Å². The number of fused-ring (bicyclic) bond motifs is 1. The van der Waals surface area contributed by atoms with Gasteiger partial charge < -0.3 is 9.64 Å². The van der Waals surface area contributed by atoms with Gasteiger partial charge in [0.25, 0.3) is 0 Å². The zero-order chi connectivity index (χ0) is 26.4. The second-order valence-electron chi connectivity index (χ2n) is 10.1. The molecule has 0 saturated carbocycles. The number of alkyl halides is 3. The molecule has 1 aliphatic heterocycles. The molecule has 0 fully saturated rings. The van der Waals surface area contributed by atoms with Crippen molar-refractivity contribution in [3.63, 3.8) is 0 Å². The Morgan fingerprint density at radius 3 is 2.50 bits per heavy atom. The van der Waals surface area contributed by atoms with Gasteiger partial charge in [-0.3, -0.25) is 4.68 Å². The van der Waals surface area contributed by atoms with Crippen molar-refractivity contribution in [2.24, 2.45) is 0 Å².